The van der Waals surface area contributed by atoms with E-state index in [1.165, 1.54) is 6.07 Å². The fourth-order valence-corrected chi connectivity index (χ4v) is 2.03. The third-order valence-corrected chi connectivity index (χ3v) is 3.88. The van der Waals surface area contributed by atoms with Crippen LogP contribution < -0.4 is 5.73 Å². The molecular weight excluding hydrogens is 307 g/mol. The molecule has 0 aromatic heterocycles. The maximum absolute atomic E-state index is 14.7. The van der Waals surface area contributed by atoms with Crippen molar-refractivity contribution in [3.05, 3.63) is 33.8 Å². The van der Waals surface area contributed by atoms with E-state index in [1.807, 2.05) is 0 Å². The van der Waals surface area contributed by atoms with Crippen molar-refractivity contribution in [1.29, 1.82) is 0 Å². The molecule has 1 unspecified atom stereocenters. The van der Waals surface area contributed by atoms with Gasteiger partial charge in [0, 0.05) is 18.5 Å². The normalized spacial score (nSPS) is 15.6. The SMILES string of the molecule is CC(C)(C)C(F)(CN)Cc1c(F)ccc(Br)c1F. The minimum absolute atomic E-state index is 0.118. The minimum atomic E-state index is -1.87. The van der Waals surface area contributed by atoms with Gasteiger partial charge in [0.1, 0.15) is 17.3 Å². The Morgan fingerprint density at radius 2 is 1.78 bits per heavy atom. The molecule has 0 aliphatic heterocycles. The first-order chi connectivity index (χ1) is 8.12. The van der Waals surface area contributed by atoms with Gasteiger partial charge >= 0.3 is 0 Å². The van der Waals surface area contributed by atoms with E-state index in [4.69, 9.17) is 5.73 Å². The zero-order valence-electron chi connectivity index (χ0n) is 10.7. The molecule has 2 N–H and O–H groups in total. The largest absolute Gasteiger partial charge is 0.327 e. The van der Waals surface area contributed by atoms with Gasteiger partial charge < -0.3 is 5.73 Å². The second-order valence-electron chi connectivity index (χ2n) is 5.42. The summed E-state index contributed by atoms with van der Waals surface area (Å²) >= 11 is 2.96. The first-order valence-corrected chi connectivity index (χ1v) is 6.43. The number of benzene rings is 1. The summed E-state index contributed by atoms with van der Waals surface area (Å²) in [6, 6.07) is 2.37. The third kappa shape index (κ3) is 2.88. The van der Waals surface area contributed by atoms with Gasteiger partial charge in [-0.05, 0) is 33.5 Å². The lowest BCUT2D eigenvalue weighted by Crippen LogP contribution is -2.47. The number of hydrogen-bond donors (Lipinski definition) is 1. The van der Waals surface area contributed by atoms with Gasteiger partial charge in [0.05, 0.1) is 4.47 Å². The Balaban J connectivity index is 3.22. The summed E-state index contributed by atoms with van der Waals surface area (Å²) in [6.45, 7) is 4.69. The molecule has 0 bridgehead atoms. The smallest absolute Gasteiger partial charge is 0.143 e. The molecule has 1 aromatic carbocycles. The van der Waals surface area contributed by atoms with Crippen LogP contribution in [0.15, 0.2) is 16.6 Å². The van der Waals surface area contributed by atoms with Crippen molar-refractivity contribution in [3.63, 3.8) is 0 Å². The summed E-state index contributed by atoms with van der Waals surface area (Å²) in [6.07, 6.45) is -0.385. The molecule has 102 valence electrons. The van der Waals surface area contributed by atoms with Crippen molar-refractivity contribution in [1.82, 2.24) is 0 Å². The van der Waals surface area contributed by atoms with E-state index in [-0.39, 0.29) is 23.0 Å². The van der Waals surface area contributed by atoms with Gasteiger partial charge in [-0.3, -0.25) is 0 Å². The van der Waals surface area contributed by atoms with Crippen molar-refractivity contribution < 1.29 is 13.2 Å². The van der Waals surface area contributed by atoms with Crippen LogP contribution in [0.1, 0.15) is 26.3 Å². The number of hydrogen-bond acceptors (Lipinski definition) is 1. The second-order valence-corrected chi connectivity index (χ2v) is 6.27. The highest BCUT2D eigenvalue weighted by Gasteiger charge is 2.42. The molecule has 18 heavy (non-hydrogen) atoms. The van der Waals surface area contributed by atoms with Gasteiger partial charge in [-0.1, -0.05) is 20.8 Å². The molecule has 1 nitrogen and oxygen atoms in total. The van der Waals surface area contributed by atoms with Gasteiger partial charge in [-0.25, -0.2) is 13.2 Å². The predicted molar refractivity (Wildman–Crippen MR) is 70.1 cm³/mol. The number of rotatable bonds is 3. The fourth-order valence-electron chi connectivity index (χ4n) is 1.65. The zero-order valence-corrected chi connectivity index (χ0v) is 12.2. The van der Waals surface area contributed by atoms with Gasteiger partial charge in [0.15, 0.2) is 0 Å². The average molecular weight is 324 g/mol. The highest BCUT2D eigenvalue weighted by atomic mass is 79.9. The first-order valence-electron chi connectivity index (χ1n) is 5.64. The molecule has 0 heterocycles. The van der Waals surface area contributed by atoms with Gasteiger partial charge in [-0.15, -0.1) is 0 Å². The van der Waals surface area contributed by atoms with Gasteiger partial charge in [-0.2, -0.15) is 0 Å². The summed E-state index contributed by atoms with van der Waals surface area (Å²) in [5.74, 6) is -1.52. The highest BCUT2D eigenvalue weighted by Crippen LogP contribution is 2.38. The van der Waals surface area contributed by atoms with Crippen LogP contribution in [0, 0.1) is 17.0 Å². The fraction of sp³-hybridized carbons (Fsp3) is 0.538. The second kappa shape index (κ2) is 5.21. The summed E-state index contributed by atoms with van der Waals surface area (Å²) in [5.41, 5.74) is 2.51. The van der Waals surface area contributed by atoms with Crippen molar-refractivity contribution in [2.45, 2.75) is 32.9 Å². The monoisotopic (exact) mass is 323 g/mol. The van der Waals surface area contributed by atoms with Crippen LogP contribution in [0.2, 0.25) is 0 Å². The molecule has 0 aliphatic carbocycles. The Bertz CT molecular complexity index is 443. The van der Waals surface area contributed by atoms with Crippen LogP contribution >= 0.6 is 15.9 Å². The van der Waals surface area contributed by atoms with Gasteiger partial charge in [0.25, 0.3) is 0 Å². The van der Waals surface area contributed by atoms with Crippen LogP contribution in [0.25, 0.3) is 0 Å². The lowest BCUT2D eigenvalue weighted by Gasteiger charge is -2.37. The molecule has 0 saturated heterocycles. The maximum atomic E-state index is 14.7. The summed E-state index contributed by atoms with van der Waals surface area (Å²) in [4.78, 5) is 0. The Hall–Kier alpha value is -0.550. The van der Waals surface area contributed by atoms with Crippen LogP contribution in [0.5, 0.6) is 0 Å². The average Bonchev–Trinajstić information content (AvgIpc) is 2.28. The molecule has 0 radical (unpaired) electrons. The molecule has 1 rings (SSSR count). The van der Waals surface area contributed by atoms with Crippen LogP contribution in [-0.2, 0) is 6.42 Å². The first kappa shape index (κ1) is 15.5. The Morgan fingerprint density at radius 1 is 1.22 bits per heavy atom. The predicted octanol–water partition coefficient (Wildman–Crippen LogP) is 3.98. The lowest BCUT2D eigenvalue weighted by molar-refractivity contribution is 0.0365. The summed E-state index contributed by atoms with van der Waals surface area (Å²) in [5, 5.41) is 0. The van der Waals surface area contributed by atoms with E-state index in [2.05, 4.69) is 15.9 Å². The number of alkyl halides is 1. The quantitative estimate of drug-likeness (QED) is 0.836. The molecule has 0 amide bonds. The van der Waals surface area contributed by atoms with Crippen molar-refractivity contribution in [3.8, 4) is 0 Å². The van der Waals surface area contributed by atoms with Crippen molar-refractivity contribution in [2.75, 3.05) is 6.54 Å². The van der Waals surface area contributed by atoms with E-state index < -0.39 is 22.7 Å². The molecule has 1 aromatic rings. The van der Waals surface area contributed by atoms with Crippen molar-refractivity contribution in [2.24, 2.45) is 11.1 Å². The minimum Gasteiger partial charge on any atom is -0.327 e. The molecule has 0 aliphatic rings. The zero-order chi connectivity index (χ0) is 14.1. The van der Waals surface area contributed by atoms with E-state index in [0.717, 1.165) is 6.07 Å². The van der Waals surface area contributed by atoms with E-state index in [1.54, 1.807) is 20.8 Å². The summed E-state index contributed by atoms with van der Waals surface area (Å²) in [7, 11) is 0. The topological polar surface area (TPSA) is 26.0 Å². The molecular formula is C13H17BrF3N. The number of nitrogens with two attached hydrogens (primary N) is 1. The van der Waals surface area contributed by atoms with Crippen LogP contribution in [0.4, 0.5) is 13.2 Å². The van der Waals surface area contributed by atoms with Crippen LogP contribution in [-0.4, -0.2) is 12.2 Å². The summed E-state index contributed by atoms with van der Waals surface area (Å²) < 4.78 is 42.3. The lowest BCUT2D eigenvalue weighted by atomic mass is 9.74. The molecule has 0 spiro atoms. The molecule has 0 saturated carbocycles. The molecule has 0 fully saturated rings. The number of halogens is 4. The van der Waals surface area contributed by atoms with Crippen molar-refractivity contribution >= 4 is 15.9 Å². The highest BCUT2D eigenvalue weighted by molar-refractivity contribution is 9.10. The van der Waals surface area contributed by atoms with E-state index in [0.29, 0.717) is 0 Å². The molecule has 1 atom stereocenters. The van der Waals surface area contributed by atoms with E-state index >= 15 is 0 Å². The Kier molecular flexibility index (Phi) is 4.49. The van der Waals surface area contributed by atoms with Gasteiger partial charge in [0.2, 0.25) is 0 Å². The third-order valence-electron chi connectivity index (χ3n) is 3.26. The standard InChI is InChI=1S/C13H17BrF3N/c1-12(2,3)13(17,7-18)6-8-10(15)5-4-9(14)11(8)16/h4-5H,6-7,18H2,1-3H3. The Labute approximate surface area is 114 Å². The van der Waals surface area contributed by atoms with E-state index in [9.17, 15) is 13.2 Å². The van der Waals surface area contributed by atoms with Crippen LogP contribution in [0.3, 0.4) is 0 Å². The maximum Gasteiger partial charge on any atom is 0.143 e. The molecule has 5 heteroatoms. The Morgan fingerprint density at radius 3 is 2.22 bits per heavy atom.